The van der Waals surface area contributed by atoms with Crippen LogP contribution in [0, 0.1) is 0 Å². The first-order valence-electron chi connectivity index (χ1n) is 6.85. The van der Waals surface area contributed by atoms with E-state index >= 15 is 0 Å². The van der Waals surface area contributed by atoms with Crippen molar-refractivity contribution in [1.82, 2.24) is 0 Å². The fourth-order valence-corrected chi connectivity index (χ4v) is 1.78. The average Bonchev–Trinajstić information content (AvgIpc) is 2.38. The van der Waals surface area contributed by atoms with Crippen molar-refractivity contribution in [2.75, 3.05) is 13.2 Å². The highest BCUT2D eigenvalue weighted by atomic mass is 16.5. The molecule has 2 N–H and O–H groups in total. The Balaban J connectivity index is 2.98. The van der Waals surface area contributed by atoms with Crippen LogP contribution in [0.3, 0.4) is 0 Å². The Bertz CT molecular complexity index is 415. The van der Waals surface area contributed by atoms with Crippen molar-refractivity contribution in [3.63, 3.8) is 0 Å². The molecule has 1 atom stereocenters. The van der Waals surface area contributed by atoms with Crippen LogP contribution in [0.4, 0.5) is 0 Å². The standard InChI is InChI=1S/C16H25NO2/c1-5-14(17)10-13-8-7-9-15(18-6-2)16(13)19-11-12(3)4/h7-9,14H,3,5-6,10-11,17H2,1-2,4H3. The van der Waals surface area contributed by atoms with Crippen LogP contribution in [-0.4, -0.2) is 19.3 Å². The maximum absolute atomic E-state index is 6.04. The molecule has 0 bridgehead atoms. The van der Waals surface area contributed by atoms with E-state index in [4.69, 9.17) is 15.2 Å². The first-order valence-corrected chi connectivity index (χ1v) is 6.85. The Hall–Kier alpha value is -1.48. The van der Waals surface area contributed by atoms with E-state index in [2.05, 4.69) is 13.5 Å². The number of hydrogen-bond donors (Lipinski definition) is 1. The Morgan fingerprint density at radius 3 is 2.63 bits per heavy atom. The molecule has 0 heterocycles. The van der Waals surface area contributed by atoms with E-state index in [1.807, 2.05) is 32.0 Å². The molecule has 0 saturated carbocycles. The molecule has 0 aliphatic heterocycles. The van der Waals surface area contributed by atoms with Crippen LogP contribution in [-0.2, 0) is 6.42 Å². The van der Waals surface area contributed by atoms with Gasteiger partial charge in [0.25, 0.3) is 0 Å². The van der Waals surface area contributed by atoms with Crippen LogP contribution in [0.15, 0.2) is 30.4 Å². The largest absolute Gasteiger partial charge is 0.490 e. The smallest absolute Gasteiger partial charge is 0.164 e. The van der Waals surface area contributed by atoms with Gasteiger partial charge in [-0.15, -0.1) is 0 Å². The van der Waals surface area contributed by atoms with Crippen molar-refractivity contribution in [1.29, 1.82) is 0 Å². The van der Waals surface area contributed by atoms with Gasteiger partial charge in [-0.1, -0.05) is 25.6 Å². The highest BCUT2D eigenvalue weighted by molar-refractivity contribution is 5.47. The summed E-state index contributed by atoms with van der Waals surface area (Å²) in [4.78, 5) is 0. The van der Waals surface area contributed by atoms with Gasteiger partial charge in [0.2, 0.25) is 0 Å². The summed E-state index contributed by atoms with van der Waals surface area (Å²) in [6.45, 7) is 11.0. The molecule has 3 heteroatoms. The van der Waals surface area contributed by atoms with Crippen LogP contribution in [0.1, 0.15) is 32.8 Å². The third-order valence-corrected chi connectivity index (χ3v) is 2.83. The monoisotopic (exact) mass is 263 g/mol. The molecule has 1 rings (SSSR count). The van der Waals surface area contributed by atoms with Gasteiger partial charge in [0.05, 0.1) is 6.61 Å². The van der Waals surface area contributed by atoms with Gasteiger partial charge in [0, 0.05) is 6.04 Å². The van der Waals surface area contributed by atoms with Gasteiger partial charge >= 0.3 is 0 Å². The molecular formula is C16H25NO2. The Labute approximate surface area is 116 Å². The molecule has 106 valence electrons. The average molecular weight is 263 g/mol. The summed E-state index contributed by atoms with van der Waals surface area (Å²) in [7, 11) is 0. The summed E-state index contributed by atoms with van der Waals surface area (Å²) in [5.41, 5.74) is 8.12. The van der Waals surface area contributed by atoms with Gasteiger partial charge < -0.3 is 15.2 Å². The highest BCUT2D eigenvalue weighted by Crippen LogP contribution is 2.32. The lowest BCUT2D eigenvalue weighted by Gasteiger charge is -2.17. The third kappa shape index (κ3) is 4.95. The van der Waals surface area contributed by atoms with E-state index < -0.39 is 0 Å². The fraction of sp³-hybridized carbons (Fsp3) is 0.500. The number of nitrogens with two attached hydrogens (primary N) is 1. The molecular weight excluding hydrogens is 238 g/mol. The normalized spacial score (nSPS) is 12.0. The van der Waals surface area contributed by atoms with Crippen molar-refractivity contribution in [3.8, 4) is 11.5 Å². The second-order valence-corrected chi connectivity index (χ2v) is 4.80. The Morgan fingerprint density at radius 2 is 2.05 bits per heavy atom. The summed E-state index contributed by atoms with van der Waals surface area (Å²) >= 11 is 0. The second-order valence-electron chi connectivity index (χ2n) is 4.80. The molecule has 0 aliphatic carbocycles. The summed E-state index contributed by atoms with van der Waals surface area (Å²) in [6, 6.07) is 6.10. The zero-order valence-electron chi connectivity index (χ0n) is 12.2. The number of hydrogen-bond acceptors (Lipinski definition) is 3. The molecule has 0 fully saturated rings. The molecule has 19 heavy (non-hydrogen) atoms. The van der Waals surface area contributed by atoms with E-state index in [1.54, 1.807) is 0 Å². The molecule has 3 nitrogen and oxygen atoms in total. The van der Waals surface area contributed by atoms with Crippen LogP contribution < -0.4 is 15.2 Å². The van der Waals surface area contributed by atoms with E-state index in [9.17, 15) is 0 Å². The lowest BCUT2D eigenvalue weighted by Crippen LogP contribution is -2.22. The van der Waals surface area contributed by atoms with E-state index in [0.29, 0.717) is 13.2 Å². The summed E-state index contributed by atoms with van der Waals surface area (Å²) in [5.74, 6) is 1.58. The van der Waals surface area contributed by atoms with E-state index in [-0.39, 0.29) is 6.04 Å². The van der Waals surface area contributed by atoms with Gasteiger partial charge in [-0.25, -0.2) is 0 Å². The molecule has 1 aromatic carbocycles. The van der Waals surface area contributed by atoms with E-state index in [1.165, 1.54) is 0 Å². The molecule has 0 radical (unpaired) electrons. The lowest BCUT2D eigenvalue weighted by atomic mass is 10.0. The summed E-state index contributed by atoms with van der Waals surface area (Å²) in [5, 5.41) is 0. The third-order valence-electron chi connectivity index (χ3n) is 2.83. The topological polar surface area (TPSA) is 44.5 Å². The quantitative estimate of drug-likeness (QED) is 0.732. The van der Waals surface area contributed by atoms with Gasteiger partial charge in [-0.05, 0) is 43.9 Å². The zero-order chi connectivity index (χ0) is 14.3. The van der Waals surface area contributed by atoms with Gasteiger partial charge in [-0.3, -0.25) is 0 Å². The van der Waals surface area contributed by atoms with Crippen molar-refractivity contribution >= 4 is 0 Å². The van der Waals surface area contributed by atoms with Gasteiger partial charge in [0.1, 0.15) is 6.61 Å². The maximum atomic E-state index is 6.04. The molecule has 0 aromatic heterocycles. The highest BCUT2D eigenvalue weighted by Gasteiger charge is 2.13. The molecule has 1 unspecified atom stereocenters. The first-order chi connectivity index (χ1) is 9.08. The van der Waals surface area contributed by atoms with Crippen LogP contribution >= 0.6 is 0 Å². The zero-order valence-corrected chi connectivity index (χ0v) is 12.2. The molecule has 0 amide bonds. The Kier molecular flexibility index (Phi) is 6.43. The maximum Gasteiger partial charge on any atom is 0.164 e. The minimum atomic E-state index is 0.143. The number of rotatable bonds is 8. The predicted octanol–water partition coefficient (Wildman–Crippen LogP) is 3.32. The molecule has 0 saturated heterocycles. The summed E-state index contributed by atoms with van der Waals surface area (Å²) in [6.07, 6.45) is 1.74. The fourth-order valence-electron chi connectivity index (χ4n) is 1.78. The molecule has 0 spiro atoms. The van der Waals surface area contributed by atoms with Crippen LogP contribution in [0.25, 0.3) is 0 Å². The Morgan fingerprint density at radius 1 is 1.32 bits per heavy atom. The van der Waals surface area contributed by atoms with Crippen molar-refractivity contribution in [3.05, 3.63) is 35.9 Å². The van der Waals surface area contributed by atoms with Crippen molar-refractivity contribution in [2.24, 2.45) is 5.73 Å². The lowest BCUT2D eigenvalue weighted by molar-refractivity contribution is 0.290. The molecule has 0 aliphatic rings. The molecule has 1 aromatic rings. The van der Waals surface area contributed by atoms with Crippen molar-refractivity contribution in [2.45, 2.75) is 39.7 Å². The van der Waals surface area contributed by atoms with E-state index in [0.717, 1.165) is 35.5 Å². The van der Waals surface area contributed by atoms with Gasteiger partial charge in [-0.2, -0.15) is 0 Å². The number of ether oxygens (including phenoxy) is 2. The van der Waals surface area contributed by atoms with Crippen molar-refractivity contribution < 1.29 is 9.47 Å². The van der Waals surface area contributed by atoms with Gasteiger partial charge in [0.15, 0.2) is 11.5 Å². The number of benzene rings is 1. The second kappa shape index (κ2) is 7.85. The minimum absolute atomic E-state index is 0.143. The van der Waals surface area contributed by atoms with Crippen LogP contribution in [0.5, 0.6) is 11.5 Å². The van der Waals surface area contributed by atoms with Crippen LogP contribution in [0.2, 0.25) is 0 Å². The summed E-state index contributed by atoms with van der Waals surface area (Å²) < 4.78 is 11.5. The SMILES string of the molecule is C=C(C)COc1c(CC(N)CC)cccc1OCC. The minimum Gasteiger partial charge on any atom is -0.490 e. The number of para-hydroxylation sites is 1. The predicted molar refractivity (Wildman–Crippen MR) is 79.9 cm³/mol. The first kappa shape index (κ1) is 15.6.